The second kappa shape index (κ2) is 6.46. The predicted molar refractivity (Wildman–Crippen MR) is 84.6 cm³/mol. The molecule has 1 aromatic carbocycles. The van der Waals surface area contributed by atoms with Crippen LogP contribution in [-0.2, 0) is 19.9 Å². The molecular formula is C14H21FN2O4S2. The van der Waals surface area contributed by atoms with Gasteiger partial charge in [-0.15, -0.1) is 0 Å². The number of benzene rings is 1. The van der Waals surface area contributed by atoms with Crippen molar-refractivity contribution in [2.45, 2.75) is 35.6 Å². The van der Waals surface area contributed by atoms with Gasteiger partial charge in [0.15, 0.2) is 9.84 Å². The highest BCUT2D eigenvalue weighted by molar-refractivity contribution is 7.90. The number of nitrogens with two attached hydrogens (primary N) is 1. The van der Waals surface area contributed by atoms with Crippen LogP contribution in [0.4, 0.5) is 4.39 Å². The van der Waals surface area contributed by atoms with Gasteiger partial charge >= 0.3 is 0 Å². The number of hydrogen-bond donors (Lipinski definition) is 1. The minimum Gasteiger partial charge on any atom is -0.328 e. The summed E-state index contributed by atoms with van der Waals surface area (Å²) in [6.45, 7) is 2.47. The second-order valence-corrected chi connectivity index (χ2v) is 9.91. The van der Waals surface area contributed by atoms with Crippen molar-refractivity contribution in [3.8, 4) is 0 Å². The van der Waals surface area contributed by atoms with Crippen LogP contribution in [0.1, 0.15) is 19.8 Å². The smallest absolute Gasteiger partial charge is 0.243 e. The van der Waals surface area contributed by atoms with E-state index in [1.54, 1.807) is 0 Å². The molecule has 23 heavy (non-hydrogen) atoms. The van der Waals surface area contributed by atoms with Crippen LogP contribution < -0.4 is 5.73 Å². The Labute approximate surface area is 136 Å². The first-order valence-corrected chi connectivity index (χ1v) is 10.6. The van der Waals surface area contributed by atoms with E-state index in [-0.39, 0.29) is 23.4 Å². The van der Waals surface area contributed by atoms with E-state index in [1.807, 2.05) is 6.92 Å². The molecule has 2 atom stereocenters. The zero-order chi connectivity index (χ0) is 17.4. The Morgan fingerprint density at radius 3 is 2.48 bits per heavy atom. The van der Waals surface area contributed by atoms with E-state index >= 15 is 0 Å². The second-order valence-electron chi connectivity index (χ2n) is 5.99. The van der Waals surface area contributed by atoms with E-state index in [4.69, 9.17) is 5.73 Å². The summed E-state index contributed by atoms with van der Waals surface area (Å²) in [4.78, 5) is -0.753. The molecule has 0 spiro atoms. The molecule has 0 amide bonds. The first kappa shape index (κ1) is 18.3. The minimum absolute atomic E-state index is 0.0543. The lowest BCUT2D eigenvalue weighted by Crippen LogP contribution is -2.44. The molecule has 0 aromatic heterocycles. The maximum absolute atomic E-state index is 14.0. The van der Waals surface area contributed by atoms with E-state index in [0.29, 0.717) is 13.0 Å². The molecule has 130 valence electrons. The van der Waals surface area contributed by atoms with Gasteiger partial charge in [0.2, 0.25) is 10.0 Å². The van der Waals surface area contributed by atoms with Crippen LogP contribution in [0, 0.1) is 11.7 Å². The summed E-state index contributed by atoms with van der Waals surface area (Å²) in [7, 11) is -7.61. The standard InChI is InChI=1S/C14H21FN2O4S2/c1-10(16)11-4-3-7-17(9-11)23(20,21)12-5-6-14(13(15)8-12)22(2,18)19/h5-6,8,10-11H,3-4,7,9,16H2,1-2H3. The Kier molecular flexibility index (Phi) is 5.15. The predicted octanol–water partition coefficient (Wildman–Crippen LogP) is 0.977. The van der Waals surface area contributed by atoms with Crippen LogP contribution in [0.5, 0.6) is 0 Å². The Hall–Kier alpha value is -1.03. The zero-order valence-corrected chi connectivity index (χ0v) is 14.7. The van der Waals surface area contributed by atoms with Crippen molar-refractivity contribution in [2.75, 3.05) is 19.3 Å². The average Bonchev–Trinajstić information content (AvgIpc) is 2.45. The maximum atomic E-state index is 14.0. The Morgan fingerprint density at radius 1 is 1.30 bits per heavy atom. The van der Waals surface area contributed by atoms with Gasteiger partial charge in [-0.3, -0.25) is 0 Å². The molecule has 1 fully saturated rings. The third kappa shape index (κ3) is 3.90. The molecule has 2 unspecified atom stereocenters. The van der Waals surface area contributed by atoms with Crippen LogP contribution >= 0.6 is 0 Å². The lowest BCUT2D eigenvalue weighted by molar-refractivity contribution is 0.243. The van der Waals surface area contributed by atoms with Crippen molar-refractivity contribution in [1.29, 1.82) is 0 Å². The number of piperidine rings is 1. The molecule has 6 nitrogen and oxygen atoms in total. The van der Waals surface area contributed by atoms with E-state index < -0.39 is 30.6 Å². The monoisotopic (exact) mass is 364 g/mol. The van der Waals surface area contributed by atoms with E-state index in [2.05, 4.69) is 0 Å². The van der Waals surface area contributed by atoms with Gasteiger partial charge < -0.3 is 5.73 Å². The number of sulfone groups is 1. The van der Waals surface area contributed by atoms with Crippen molar-refractivity contribution in [3.63, 3.8) is 0 Å². The third-order valence-corrected chi connectivity index (χ3v) is 7.10. The summed E-state index contributed by atoms with van der Waals surface area (Å²) in [5, 5.41) is 0. The first-order valence-electron chi connectivity index (χ1n) is 7.29. The van der Waals surface area contributed by atoms with Crippen molar-refractivity contribution < 1.29 is 21.2 Å². The molecule has 9 heteroatoms. The van der Waals surface area contributed by atoms with Crippen LogP contribution in [0.25, 0.3) is 0 Å². The highest BCUT2D eigenvalue weighted by Crippen LogP contribution is 2.26. The van der Waals surface area contributed by atoms with Gasteiger partial charge in [-0.1, -0.05) is 0 Å². The SMILES string of the molecule is CC(N)C1CCCN(S(=O)(=O)c2ccc(S(C)(=O)=O)c(F)c2)C1. The fraction of sp³-hybridized carbons (Fsp3) is 0.571. The molecule has 0 saturated carbocycles. The van der Waals surface area contributed by atoms with Crippen LogP contribution in [-0.4, -0.2) is 46.5 Å². The summed E-state index contributed by atoms with van der Waals surface area (Å²) in [6.07, 6.45) is 2.41. The lowest BCUT2D eigenvalue weighted by Gasteiger charge is -2.33. The highest BCUT2D eigenvalue weighted by atomic mass is 32.2. The summed E-state index contributed by atoms with van der Waals surface area (Å²) in [6, 6.07) is 2.76. The number of nitrogens with zero attached hydrogens (tertiary/aromatic N) is 1. The molecule has 2 rings (SSSR count). The zero-order valence-electron chi connectivity index (χ0n) is 13.1. The van der Waals surface area contributed by atoms with Crippen molar-refractivity contribution in [3.05, 3.63) is 24.0 Å². The molecule has 0 bridgehead atoms. The van der Waals surface area contributed by atoms with E-state index in [9.17, 15) is 21.2 Å². The van der Waals surface area contributed by atoms with E-state index in [0.717, 1.165) is 30.9 Å². The van der Waals surface area contributed by atoms with Gasteiger partial charge in [-0.05, 0) is 43.9 Å². The first-order chi connectivity index (χ1) is 10.5. The molecule has 0 aliphatic carbocycles. The van der Waals surface area contributed by atoms with Crippen LogP contribution in [0.2, 0.25) is 0 Å². The van der Waals surface area contributed by atoms with Gasteiger partial charge in [-0.25, -0.2) is 21.2 Å². The summed E-state index contributed by atoms with van der Waals surface area (Å²) < 4.78 is 63.4. The van der Waals surface area contributed by atoms with Gasteiger partial charge in [0, 0.05) is 25.4 Å². The molecule has 1 heterocycles. The average molecular weight is 364 g/mol. The molecule has 2 N–H and O–H groups in total. The quantitative estimate of drug-likeness (QED) is 0.859. The van der Waals surface area contributed by atoms with Gasteiger partial charge in [-0.2, -0.15) is 4.31 Å². The van der Waals surface area contributed by atoms with Gasteiger partial charge in [0.25, 0.3) is 0 Å². The van der Waals surface area contributed by atoms with Crippen molar-refractivity contribution in [1.82, 2.24) is 4.31 Å². The Bertz CT molecular complexity index is 791. The highest BCUT2D eigenvalue weighted by Gasteiger charge is 2.32. The largest absolute Gasteiger partial charge is 0.328 e. The topological polar surface area (TPSA) is 97.5 Å². The minimum atomic E-state index is -3.87. The molecule has 1 aliphatic rings. The van der Waals surface area contributed by atoms with E-state index in [1.165, 1.54) is 4.31 Å². The fourth-order valence-corrected chi connectivity index (χ4v) is 4.99. The van der Waals surface area contributed by atoms with Crippen molar-refractivity contribution >= 4 is 19.9 Å². The summed E-state index contributed by atoms with van der Waals surface area (Å²) in [5.74, 6) is -1.01. The third-order valence-electron chi connectivity index (χ3n) is 4.10. The Morgan fingerprint density at radius 2 is 1.96 bits per heavy atom. The summed E-state index contributed by atoms with van der Waals surface area (Å²) >= 11 is 0. The van der Waals surface area contributed by atoms with Gasteiger partial charge in [0.1, 0.15) is 10.7 Å². The number of rotatable bonds is 4. The number of sulfonamides is 1. The van der Waals surface area contributed by atoms with Crippen molar-refractivity contribution in [2.24, 2.45) is 11.7 Å². The lowest BCUT2D eigenvalue weighted by atomic mass is 9.93. The molecule has 1 aromatic rings. The van der Waals surface area contributed by atoms with Gasteiger partial charge in [0.05, 0.1) is 4.90 Å². The fourth-order valence-electron chi connectivity index (χ4n) is 2.71. The molecular weight excluding hydrogens is 343 g/mol. The normalized spacial score (nSPS) is 22.0. The molecule has 1 aliphatic heterocycles. The molecule has 0 radical (unpaired) electrons. The van der Waals surface area contributed by atoms with Crippen LogP contribution in [0.3, 0.4) is 0 Å². The number of halogens is 1. The van der Waals surface area contributed by atoms with Crippen LogP contribution in [0.15, 0.2) is 28.0 Å². The Balaban J connectivity index is 2.35. The number of hydrogen-bond acceptors (Lipinski definition) is 5. The summed E-state index contributed by atoms with van der Waals surface area (Å²) in [5.41, 5.74) is 5.85. The molecule has 1 saturated heterocycles. The maximum Gasteiger partial charge on any atom is 0.243 e.